The number of halogens is 1. The Morgan fingerprint density at radius 2 is 1.96 bits per heavy atom. The molecule has 2 rings (SSSR count). The van der Waals surface area contributed by atoms with Crippen LogP contribution in [-0.4, -0.2) is 29.7 Å². The molecule has 1 amide bonds. The Labute approximate surface area is 166 Å². The van der Waals surface area contributed by atoms with Gasteiger partial charge in [-0.2, -0.15) is 5.26 Å². The lowest BCUT2D eigenvalue weighted by Crippen LogP contribution is -2.57. The van der Waals surface area contributed by atoms with Gasteiger partial charge in [0.2, 0.25) is 5.91 Å². The van der Waals surface area contributed by atoms with Crippen LogP contribution in [0.5, 0.6) is 0 Å². The average molecular weight is 385 g/mol. The van der Waals surface area contributed by atoms with Gasteiger partial charge in [0.1, 0.15) is 11.2 Å². The number of anilines is 1. The normalized spacial score (nSPS) is 21.5. The number of nitriles is 1. The Hall–Kier alpha value is -2.58. The van der Waals surface area contributed by atoms with Crippen molar-refractivity contribution in [2.45, 2.75) is 46.6 Å². The molecule has 1 aromatic carbocycles. The number of benzene rings is 1. The SMILES string of the molecule is CC=C1C(=NC(Cl)=C(C)CC)N(c2ccc(C#N)cc2)C(CC)C(=O)N1C. The van der Waals surface area contributed by atoms with Crippen molar-refractivity contribution >= 4 is 29.0 Å². The second kappa shape index (κ2) is 8.88. The predicted molar refractivity (Wildman–Crippen MR) is 111 cm³/mol. The Morgan fingerprint density at radius 3 is 2.44 bits per heavy atom. The molecule has 1 heterocycles. The Kier molecular flexibility index (Phi) is 6.81. The molecule has 0 N–H and O–H groups in total. The number of hydrogen-bond acceptors (Lipinski definition) is 3. The molecule has 1 aromatic rings. The van der Waals surface area contributed by atoms with Crippen molar-refractivity contribution in [2.24, 2.45) is 4.99 Å². The second-order valence-corrected chi connectivity index (χ2v) is 6.74. The minimum atomic E-state index is -0.392. The van der Waals surface area contributed by atoms with Gasteiger partial charge in [-0.25, -0.2) is 4.99 Å². The summed E-state index contributed by atoms with van der Waals surface area (Å²) in [5.74, 6) is 0.634. The zero-order valence-corrected chi connectivity index (χ0v) is 17.2. The summed E-state index contributed by atoms with van der Waals surface area (Å²) in [6.07, 6.45) is 3.28. The quantitative estimate of drug-likeness (QED) is 0.700. The lowest BCUT2D eigenvalue weighted by atomic mass is 10.0. The zero-order valence-electron chi connectivity index (χ0n) is 16.5. The number of rotatable bonds is 4. The summed E-state index contributed by atoms with van der Waals surface area (Å²) in [4.78, 5) is 21.2. The van der Waals surface area contributed by atoms with Crippen LogP contribution in [0.25, 0.3) is 0 Å². The van der Waals surface area contributed by atoms with Gasteiger partial charge in [-0.05, 0) is 56.5 Å². The van der Waals surface area contributed by atoms with Crippen molar-refractivity contribution in [3.63, 3.8) is 0 Å². The molecular formula is C21H25ClN4O. The monoisotopic (exact) mass is 384 g/mol. The number of amides is 1. The fraction of sp³-hybridized carbons (Fsp3) is 0.381. The molecule has 0 aliphatic carbocycles. The molecule has 5 nitrogen and oxygen atoms in total. The van der Waals surface area contributed by atoms with Crippen molar-refractivity contribution in [1.29, 1.82) is 5.26 Å². The smallest absolute Gasteiger partial charge is 0.249 e. The van der Waals surface area contributed by atoms with Crippen LogP contribution in [0.3, 0.4) is 0 Å². The number of aliphatic imine (C=N–C) groups is 1. The maximum Gasteiger partial charge on any atom is 0.249 e. The van der Waals surface area contributed by atoms with E-state index in [-0.39, 0.29) is 5.91 Å². The van der Waals surface area contributed by atoms with Crippen LogP contribution < -0.4 is 4.90 Å². The Bertz CT molecular complexity index is 846. The molecule has 6 heteroatoms. The first kappa shape index (κ1) is 20.7. The number of nitrogens with zero attached hydrogens (tertiary/aromatic N) is 4. The van der Waals surface area contributed by atoms with Crippen LogP contribution in [0, 0.1) is 11.3 Å². The summed E-state index contributed by atoms with van der Waals surface area (Å²) in [5, 5.41) is 9.51. The van der Waals surface area contributed by atoms with Gasteiger partial charge in [0.15, 0.2) is 5.84 Å². The molecule has 0 bridgehead atoms. The van der Waals surface area contributed by atoms with Crippen LogP contribution >= 0.6 is 11.6 Å². The number of amidine groups is 1. The van der Waals surface area contributed by atoms with Gasteiger partial charge >= 0.3 is 0 Å². The molecule has 0 aromatic heterocycles. The molecule has 27 heavy (non-hydrogen) atoms. The number of likely N-dealkylation sites (N-methyl/N-ethyl adjacent to an activating group) is 1. The molecule has 0 radical (unpaired) electrons. The third-order valence-electron chi connectivity index (χ3n) is 4.77. The molecule has 0 spiro atoms. The summed E-state index contributed by atoms with van der Waals surface area (Å²) in [5.41, 5.74) is 3.05. The van der Waals surface area contributed by atoms with Crippen LogP contribution in [0.15, 0.2) is 51.8 Å². The Morgan fingerprint density at radius 1 is 1.33 bits per heavy atom. The minimum absolute atomic E-state index is 0.00113. The van der Waals surface area contributed by atoms with E-state index in [4.69, 9.17) is 21.9 Å². The number of hydrogen-bond donors (Lipinski definition) is 0. The van der Waals surface area contributed by atoms with Crippen LogP contribution in [-0.2, 0) is 4.79 Å². The van der Waals surface area contributed by atoms with Gasteiger partial charge in [-0.1, -0.05) is 31.5 Å². The maximum absolute atomic E-state index is 12.9. The van der Waals surface area contributed by atoms with E-state index in [2.05, 4.69) is 6.07 Å². The molecule has 1 unspecified atom stereocenters. The highest BCUT2D eigenvalue weighted by molar-refractivity contribution is 6.31. The van der Waals surface area contributed by atoms with E-state index < -0.39 is 6.04 Å². The van der Waals surface area contributed by atoms with Gasteiger partial charge in [0, 0.05) is 12.7 Å². The van der Waals surface area contributed by atoms with Crippen molar-refractivity contribution in [3.8, 4) is 6.07 Å². The lowest BCUT2D eigenvalue weighted by molar-refractivity contribution is -0.129. The van der Waals surface area contributed by atoms with Gasteiger partial charge in [0.25, 0.3) is 0 Å². The fourth-order valence-electron chi connectivity index (χ4n) is 3.00. The largest absolute Gasteiger partial charge is 0.312 e. The van der Waals surface area contributed by atoms with E-state index in [1.807, 2.05) is 50.8 Å². The molecule has 1 aliphatic rings. The van der Waals surface area contributed by atoms with Gasteiger partial charge in [-0.3, -0.25) is 4.79 Å². The van der Waals surface area contributed by atoms with Gasteiger partial charge in [0.05, 0.1) is 17.3 Å². The summed E-state index contributed by atoms with van der Waals surface area (Å²) >= 11 is 6.45. The summed E-state index contributed by atoms with van der Waals surface area (Å²) in [7, 11) is 1.76. The van der Waals surface area contributed by atoms with Crippen LogP contribution in [0.2, 0.25) is 0 Å². The van der Waals surface area contributed by atoms with E-state index in [1.165, 1.54) is 0 Å². The van der Waals surface area contributed by atoms with Gasteiger partial charge < -0.3 is 9.80 Å². The number of allylic oxidation sites excluding steroid dienone is 2. The van der Waals surface area contributed by atoms with E-state index >= 15 is 0 Å². The van der Waals surface area contributed by atoms with E-state index in [0.717, 1.165) is 17.7 Å². The van der Waals surface area contributed by atoms with Crippen molar-refractivity contribution in [2.75, 3.05) is 11.9 Å². The van der Waals surface area contributed by atoms with E-state index in [1.54, 1.807) is 24.1 Å². The third-order valence-corrected chi connectivity index (χ3v) is 5.17. The van der Waals surface area contributed by atoms with Crippen LogP contribution in [0.1, 0.15) is 46.1 Å². The van der Waals surface area contributed by atoms with E-state index in [0.29, 0.717) is 28.7 Å². The Balaban J connectivity index is 2.71. The standard InChI is InChI=1S/C21H25ClN4O/c1-6-14(4)19(22)24-20-17(7-2)25(5)21(27)18(8-3)26(20)16-11-9-15(13-23)10-12-16/h7,9-12,18H,6,8H2,1-5H3. The van der Waals surface area contributed by atoms with Crippen LogP contribution in [0.4, 0.5) is 5.69 Å². The first-order valence-corrected chi connectivity index (χ1v) is 9.44. The first-order chi connectivity index (χ1) is 12.9. The maximum atomic E-state index is 12.9. The highest BCUT2D eigenvalue weighted by Crippen LogP contribution is 2.30. The minimum Gasteiger partial charge on any atom is -0.312 e. The highest BCUT2D eigenvalue weighted by Gasteiger charge is 2.39. The molecule has 1 fully saturated rings. The summed E-state index contributed by atoms with van der Waals surface area (Å²) < 4.78 is 0. The molecule has 142 valence electrons. The highest BCUT2D eigenvalue weighted by atomic mass is 35.5. The van der Waals surface area contributed by atoms with Crippen molar-refractivity contribution in [1.82, 2.24) is 4.90 Å². The van der Waals surface area contributed by atoms with Crippen molar-refractivity contribution in [3.05, 3.63) is 52.3 Å². The van der Waals surface area contributed by atoms with Gasteiger partial charge in [-0.15, -0.1) is 0 Å². The number of piperazine rings is 1. The fourth-order valence-corrected chi connectivity index (χ4v) is 3.21. The molecule has 0 saturated carbocycles. The first-order valence-electron chi connectivity index (χ1n) is 9.07. The van der Waals surface area contributed by atoms with E-state index in [9.17, 15) is 4.79 Å². The predicted octanol–water partition coefficient (Wildman–Crippen LogP) is 4.80. The lowest BCUT2D eigenvalue weighted by Gasteiger charge is -2.42. The zero-order chi connectivity index (χ0) is 20.1. The van der Waals surface area contributed by atoms with Crippen molar-refractivity contribution < 1.29 is 4.79 Å². The number of carbonyl (C=O) groups is 1. The molecule has 1 aliphatic heterocycles. The molecular weight excluding hydrogens is 360 g/mol. The third kappa shape index (κ3) is 4.06. The molecule has 1 saturated heterocycles. The summed E-state index contributed by atoms with van der Waals surface area (Å²) in [6.45, 7) is 7.82. The topological polar surface area (TPSA) is 59.7 Å². The number of carbonyl (C=O) groups excluding carboxylic acids is 1. The molecule has 1 atom stereocenters. The average Bonchev–Trinajstić information content (AvgIpc) is 2.69. The summed E-state index contributed by atoms with van der Waals surface area (Å²) in [6, 6.07) is 8.89. The second-order valence-electron chi connectivity index (χ2n) is 6.38.